The van der Waals surface area contributed by atoms with Gasteiger partial charge in [-0.05, 0) is 12.8 Å². The molecule has 0 saturated heterocycles. The molecule has 35 heavy (non-hydrogen) atoms. The Morgan fingerprint density at radius 1 is 0.543 bits per heavy atom. The zero-order chi connectivity index (χ0) is 26.7. The average Bonchev–Trinajstić information content (AvgIpc) is 2.78. The molecule has 0 rings (SSSR count). The van der Waals surface area contributed by atoms with E-state index in [2.05, 4.69) is 40.9 Å². The van der Waals surface area contributed by atoms with Crippen molar-refractivity contribution < 1.29 is 39.3 Å². The van der Waals surface area contributed by atoms with Gasteiger partial charge >= 0.3 is 31.4 Å². The zero-order valence-corrected chi connectivity index (χ0v) is 26.5. The Hall–Kier alpha value is -1.22. The molecule has 0 aromatic carbocycles. The summed E-state index contributed by atoms with van der Waals surface area (Å²) in [7, 11) is 0. The molecule has 2 N–H and O–H groups in total. The predicted octanol–water partition coefficient (Wildman–Crippen LogP) is 9.99. The number of rotatable bonds is 20. The van der Waals surface area contributed by atoms with Gasteiger partial charge in [0, 0.05) is 12.8 Å². The maximum Gasteiger partial charge on any atom is 2.00 e. The van der Waals surface area contributed by atoms with Gasteiger partial charge < -0.3 is 10.2 Å². The van der Waals surface area contributed by atoms with Crippen LogP contribution in [0.4, 0.5) is 0 Å². The molecule has 0 heterocycles. The van der Waals surface area contributed by atoms with E-state index in [-0.39, 0.29) is 19.5 Å². The minimum atomic E-state index is -0.659. The van der Waals surface area contributed by atoms with Crippen LogP contribution in [0.2, 0.25) is 0 Å². The summed E-state index contributed by atoms with van der Waals surface area (Å²) in [6.45, 7) is 17.5. The first kappa shape index (κ1) is 43.8. The fourth-order valence-electron chi connectivity index (χ4n) is 3.17. The summed E-state index contributed by atoms with van der Waals surface area (Å²) >= 11 is 0. The molecular weight excluding hydrogens is 490 g/mol. The summed E-state index contributed by atoms with van der Waals surface area (Å²) in [4.78, 5) is 20.4. The smallest absolute Gasteiger partial charge is 0.481 e. The van der Waals surface area contributed by atoms with Crippen LogP contribution in [0.5, 0.6) is 0 Å². The maximum absolute atomic E-state index is 10.2. The third-order valence-corrected chi connectivity index (χ3v) is 4.99. The summed E-state index contributed by atoms with van der Waals surface area (Å²) in [6, 6.07) is 0. The second-order valence-electron chi connectivity index (χ2n) is 8.52. The number of hydrogen-bond donors (Lipinski definition) is 2. The van der Waals surface area contributed by atoms with Crippen LogP contribution in [0.3, 0.4) is 0 Å². The molecule has 0 aromatic heterocycles. The molecule has 0 atom stereocenters. The van der Waals surface area contributed by atoms with Crippen molar-refractivity contribution in [1.82, 2.24) is 0 Å². The van der Waals surface area contributed by atoms with Crippen molar-refractivity contribution in [2.75, 3.05) is 0 Å². The molecule has 0 aliphatic carbocycles. The fraction of sp³-hybridized carbons (Fsp3) is 0.733. The minimum Gasteiger partial charge on any atom is -0.481 e. The van der Waals surface area contributed by atoms with Crippen LogP contribution in [0.25, 0.3) is 0 Å². The molecule has 0 unspecified atom stereocenters. The summed E-state index contributed by atoms with van der Waals surface area (Å²) in [6.07, 6.45) is 26.0. The van der Waals surface area contributed by atoms with Crippen molar-refractivity contribution in [3.63, 3.8) is 0 Å². The molecule has 0 aliphatic rings. The van der Waals surface area contributed by atoms with Crippen molar-refractivity contribution in [2.24, 2.45) is 0 Å². The Balaban J connectivity index is -0.000000136. The van der Waals surface area contributed by atoms with Crippen molar-refractivity contribution in [1.29, 1.82) is 0 Å². The Morgan fingerprint density at radius 2 is 0.714 bits per heavy atom. The van der Waals surface area contributed by atoms with Gasteiger partial charge in [-0.15, -0.1) is 0 Å². The monoisotopic (exact) mass is 546 g/mol. The molecule has 0 radical (unpaired) electrons. The SMILES string of the molecule is C=C[CH2-].C=C[CH2-].CCCCCCCCCCCC(=O)O.CCCCCCCCCCCC(=O)O.[Zn+2]. The van der Waals surface area contributed by atoms with E-state index in [1.54, 1.807) is 0 Å². The van der Waals surface area contributed by atoms with Crippen LogP contribution >= 0.6 is 0 Å². The zero-order valence-electron chi connectivity index (χ0n) is 23.5. The standard InChI is InChI=1S/2C12H24O2.2C3H5.Zn/c2*1-2-3-4-5-6-7-8-9-10-11-12(13)14;2*1-3-2;/h2*2-11H2,1H3,(H,13,14);2*3H,1-2H2;/q;;2*-1;+2. The van der Waals surface area contributed by atoms with Crippen LogP contribution in [0.15, 0.2) is 25.3 Å². The predicted molar refractivity (Wildman–Crippen MR) is 150 cm³/mol. The number of carboxylic acids is 2. The van der Waals surface area contributed by atoms with Gasteiger partial charge in [0.05, 0.1) is 0 Å². The van der Waals surface area contributed by atoms with Crippen molar-refractivity contribution >= 4 is 11.9 Å². The van der Waals surface area contributed by atoms with Gasteiger partial charge in [-0.25, -0.2) is 39.2 Å². The molecule has 0 aromatic rings. The number of allylic oxidation sites excluding steroid dienone is 2. The van der Waals surface area contributed by atoms with Gasteiger partial charge in [0.25, 0.3) is 0 Å². The molecule has 0 bridgehead atoms. The van der Waals surface area contributed by atoms with Crippen molar-refractivity contribution in [3.8, 4) is 0 Å². The van der Waals surface area contributed by atoms with Crippen LogP contribution in [-0.4, -0.2) is 22.2 Å². The van der Waals surface area contributed by atoms with Gasteiger partial charge in [-0.2, -0.15) is 0 Å². The second-order valence-corrected chi connectivity index (χ2v) is 8.52. The first-order chi connectivity index (χ1) is 16.4. The first-order valence-corrected chi connectivity index (χ1v) is 13.6. The van der Waals surface area contributed by atoms with Crippen molar-refractivity contribution in [3.05, 3.63) is 39.2 Å². The summed E-state index contributed by atoms with van der Waals surface area (Å²) in [5.41, 5.74) is 0. The Labute approximate surface area is 232 Å². The quantitative estimate of drug-likeness (QED) is 0.0902. The number of aliphatic carboxylic acids is 2. The molecule has 4 nitrogen and oxygen atoms in total. The van der Waals surface area contributed by atoms with E-state index < -0.39 is 11.9 Å². The van der Waals surface area contributed by atoms with Crippen LogP contribution in [0, 0.1) is 13.8 Å². The molecule has 0 fully saturated rings. The summed E-state index contributed by atoms with van der Waals surface area (Å²) in [5, 5.41) is 16.8. The van der Waals surface area contributed by atoms with Crippen LogP contribution in [-0.2, 0) is 29.1 Å². The van der Waals surface area contributed by atoms with Gasteiger partial charge in [0.2, 0.25) is 0 Å². The minimum absolute atomic E-state index is 0. The van der Waals surface area contributed by atoms with E-state index in [4.69, 9.17) is 10.2 Å². The maximum atomic E-state index is 10.2. The average molecular weight is 548 g/mol. The van der Waals surface area contributed by atoms with E-state index in [0.717, 1.165) is 25.7 Å². The van der Waals surface area contributed by atoms with E-state index >= 15 is 0 Å². The normalized spacial score (nSPS) is 8.97. The molecule has 204 valence electrons. The Bertz CT molecular complexity index is 373. The van der Waals surface area contributed by atoms with E-state index in [1.807, 2.05) is 0 Å². The Morgan fingerprint density at radius 3 is 0.886 bits per heavy atom. The molecule has 5 heteroatoms. The van der Waals surface area contributed by atoms with E-state index in [9.17, 15) is 9.59 Å². The van der Waals surface area contributed by atoms with Gasteiger partial charge in [-0.3, -0.25) is 9.59 Å². The molecule has 0 saturated carbocycles. The largest absolute Gasteiger partial charge is 2.00 e. The summed E-state index contributed by atoms with van der Waals surface area (Å²) in [5.74, 6) is -1.32. The number of carbonyl (C=O) groups is 2. The third kappa shape index (κ3) is 71.9. The molecular formula is C30H58O4Zn. The van der Waals surface area contributed by atoms with E-state index in [0.29, 0.717) is 12.8 Å². The first-order valence-electron chi connectivity index (χ1n) is 13.6. The molecule has 0 amide bonds. The molecule has 0 aliphatic heterocycles. The van der Waals surface area contributed by atoms with Crippen LogP contribution < -0.4 is 0 Å². The molecule has 0 spiro atoms. The Kier molecular flexibility index (Phi) is 57.8. The van der Waals surface area contributed by atoms with Gasteiger partial charge in [0.1, 0.15) is 0 Å². The topological polar surface area (TPSA) is 74.6 Å². The number of carboxylic acid groups (broad SMARTS) is 2. The van der Waals surface area contributed by atoms with Gasteiger partial charge in [-0.1, -0.05) is 117 Å². The van der Waals surface area contributed by atoms with Gasteiger partial charge in [0.15, 0.2) is 0 Å². The van der Waals surface area contributed by atoms with Crippen molar-refractivity contribution in [2.45, 2.75) is 142 Å². The number of unbranched alkanes of at least 4 members (excludes halogenated alkanes) is 16. The fourth-order valence-corrected chi connectivity index (χ4v) is 3.17. The summed E-state index contributed by atoms with van der Waals surface area (Å²) < 4.78 is 0. The number of hydrogen-bond acceptors (Lipinski definition) is 2. The third-order valence-electron chi connectivity index (χ3n) is 4.99. The van der Waals surface area contributed by atoms with Crippen LogP contribution in [0.1, 0.15) is 142 Å². The van der Waals surface area contributed by atoms with E-state index in [1.165, 1.54) is 102 Å². The second kappa shape index (κ2) is 46.2.